The van der Waals surface area contributed by atoms with E-state index in [0.29, 0.717) is 17.9 Å². The second-order valence-electron chi connectivity index (χ2n) is 8.25. The van der Waals surface area contributed by atoms with Crippen molar-refractivity contribution < 1.29 is 0 Å². The molecular weight excluding hydrogens is 464 g/mol. The zero-order valence-corrected chi connectivity index (χ0v) is 21.9. The summed E-state index contributed by atoms with van der Waals surface area (Å²) >= 11 is 3.67. The number of rotatable bonds is 16. The van der Waals surface area contributed by atoms with Crippen molar-refractivity contribution in [2.75, 3.05) is 30.7 Å². The Morgan fingerprint density at radius 3 is 2.71 bits per heavy atom. The second-order valence-corrected chi connectivity index (χ2v) is 10.3. The van der Waals surface area contributed by atoms with E-state index in [1.165, 1.54) is 23.5 Å². The molecule has 0 bridgehead atoms. The zero-order valence-electron chi connectivity index (χ0n) is 20.3. The maximum Gasteiger partial charge on any atom is 0.255 e. The zero-order chi connectivity index (χ0) is 24.0. The lowest BCUT2D eigenvalue weighted by atomic mass is 10.1. The van der Waals surface area contributed by atoms with Gasteiger partial charge >= 0.3 is 0 Å². The molecule has 0 aromatic carbocycles. The van der Waals surface area contributed by atoms with Crippen LogP contribution in [0.1, 0.15) is 55.1 Å². The molecule has 0 aliphatic rings. The van der Waals surface area contributed by atoms with Crippen molar-refractivity contribution in [3.05, 3.63) is 68.3 Å². The molecule has 34 heavy (non-hydrogen) atoms. The smallest absolute Gasteiger partial charge is 0.255 e. The van der Waals surface area contributed by atoms with Gasteiger partial charge in [0.05, 0.1) is 12.2 Å². The molecule has 7 nitrogen and oxygen atoms in total. The van der Waals surface area contributed by atoms with Crippen LogP contribution in [0.25, 0.3) is 0 Å². The van der Waals surface area contributed by atoms with Crippen molar-refractivity contribution >= 4 is 29.0 Å². The average molecular weight is 501 g/mol. The van der Waals surface area contributed by atoms with E-state index in [0.717, 1.165) is 56.2 Å². The fourth-order valence-electron chi connectivity index (χ4n) is 3.64. The number of anilines is 1. The van der Waals surface area contributed by atoms with Gasteiger partial charge in [-0.15, -0.1) is 11.3 Å². The Morgan fingerprint density at radius 2 is 1.97 bits per heavy atom. The largest absolute Gasteiger partial charge is 0.356 e. The Balaban J connectivity index is 1.32. The molecule has 0 amide bonds. The minimum Gasteiger partial charge on any atom is -0.356 e. The summed E-state index contributed by atoms with van der Waals surface area (Å²) in [6, 6.07) is 5.82. The molecule has 0 aliphatic heterocycles. The molecule has 0 saturated heterocycles. The van der Waals surface area contributed by atoms with Gasteiger partial charge in [-0.25, -0.2) is 9.97 Å². The number of pyridine rings is 1. The number of aromatic amines is 1. The van der Waals surface area contributed by atoms with E-state index >= 15 is 0 Å². The lowest BCUT2D eigenvalue weighted by Gasteiger charge is -2.19. The van der Waals surface area contributed by atoms with Gasteiger partial charge in [-0.2, -0.15) is 11.8 Å². The first-order valence-corrected chi connectivity index (χ1v) is 14.2. The third-order valence-electron chi connectivity index (χ3n) is 5.30. The molecule has 2 N–H and O–H groups in total. The minimum atomic E-state index is -0.0846. The fourth-order valence-corrected chi connectivity index (χ4v) is 5.43. The first-order chi connectivity index (χ1) is 16.7. The van der Waals surface area contributed by atoms with Gasteiger partial charge in [0.25, 0.3) is 5.56 Å². The quantitative estimate of drug-likeness (QED) is 0.274. The van der Waals surface area contributed by atoms with Crippen LogP contribution in [0.3, 0.4) is 0 Å². The first-order valence-electron chi connectivity index (χ1n) is 12.1. The van der Waals surface area contributed by atoms with E-state index < -0.39 is 0 Å². The maximum absolute atomic E-state index is 12.3. The van der Waals surface area contributed by atoms with Crippen LogP contribution in [0, 0.1) is 0 Å². The summed E-state index contributed by atoms with van der Waals surface area (Å²) in [4.78, 5) is 31.1. The normalized spacial score (nSPS) is 11.3. The van der Waals surface area contributed by atoms with Gasteiger partial charge in [0.2, 0.25) is 5.95 Å². The molecule has 3 heterocycles. The number of hydrogen-bond donors (Lipinski definition) is 2. The van der Waals surface area contributed by atoms with E-state index in [1.54, 1.807) is 23.7 Å². The van der Waals surface area contributed by atoms with Gasteiger partial charge in [0.15, 0.2) is 0 Å². The summed E-state index contributed by atoms with van der Waals surface area (Å²) in [7, 11) is 0. The summed E-state index contributed by atoms with van der Waals surface area (Å²) in [5.41, 5.74) is 2.75. The molecule has 3 rings (SSSR count). The van der Waals surface area contributed by atoms with Gasteiger partial charge in [-0.05, 0) is 63.1 Å². The maximum atomic E-state index is 12.3. The molecular formula is C25H36N6OS2. The van der Waals surface area contributed by atoms with Crippen LogP contribution >= 0.6 is 23.1 Å². The molecule has 3 aromatic rings. The third-order valence-corrected chi connectivity index (χ3v) is 7.26. The van der Waals surface area contributed by atoms with Gasteiger partial charge in [-0.3, -0.25) is 19.7 Å². The van der Waals surface area contributed by atoms with E-state index in [-0.39, 0.29) is 5.56 Å². The Morgan fingerprint density at radius 1 is 1.12 bits per heavy atom. The molecule has 0 atom stereocenters. The first kappa shape index (κ1) is 26.4. The molecule has 0 spiro atoms. The molecule has 3 aromatic heterocycles. The summed E-state index contributed by atoms with van der Waals surface area (Å²) in [6.45, 7) is 8.48. The average Bonchev–Trinajstić information content (AvgIpc) is 3.29. The molecule has 0 aliphatic carbocycles. The number of nitrogens with one attached hydrogen (secondary N) is 2. The van der Waals surface area contributed by atoms with Crippen molar-refractivity contribution in [1.82, 2.24) is 24.8 Å². The van der Waals surface area contributed by atoms with Crippen LogP contribution in [0.5, 0.6) is 0 Å². The van der Waals surface area contributed by atoms with Gasteiger partial charge in [-0.1, -0.05) is 19.9 Å². The summed E-state index contributed by atoms with van der Waals surface area (Å²) in [5.74, 6) is 2.51. The van der Waals surface area contributed by atoms with Crippen molar-refractivity contribution in [1.29, 1.82) is 0 Å². The Bertz CT molecular complexity index is 1020. The molecule has 9 heteroatoms. The van der Waals surface area contributed by atoms with E-state index in [2.05, 4.69) is 44.4 Å². The van der Waals surface area contributed by atoms with Crippen LogP contribution < -0.4 is 10.9 Å². The van der Waals surface area contributed by atoms with Crippen LogP contribution in [0.15, 0.2) is 40.8 Å². The molecule has 0 fully saturated rings. The van der Waals surface area contributed by atoms with Crippen LogP contribution in [-0.2, 0) is 25.1 Å². The van der Waals surface area contributed by atoms with Gasteiger partial charge in [0, 0.05) is 41.3 Å². The number of thiazole rings is 1. The van der Waals surface area contributed by atoms with Gasteiger partial charge < -0.3 is 5.32 Å². The lowest BCUT2D eigenvalue weighted by molar-refractivity contribution is 0.266. The lowest BCUT2D eigenvalue weighted by Crippen LogP contribution is -2.24. The summed E-state index contributed by atoms with van der Waals surface area (Å²) in [6.07, 6.45) is 8.15. The van der Waals surface area contributed by atoms with Crippen molar-refractivity contribution in [3.63, 3.8) is 0 Å². The van der Waals surface area contributed by atoms with Crippen LogP contribution in [-0.4, -0.2) is 50.2 Å². The van der Waals surface area contributed by atoms with Crippen molar-refractivity contribution in [2.45, 2.75) is 58.2 Å². The van der Waals surface area contributed by atoms with Crippen LogP contribution in [0.2, 0.25) is 0 Å². The van der Waals surface area contributed by atoms with E-state index in [1.807, 2.05) is 30.0 Å². The highest BCUT2D eigenvalue weighted by Gasteiger charge is 2.08. The number of H-pyrrole nitrogens is 1. The number of thioether (sulfide) groups is 1. The Labute approximate surface area is 210 Å². The Kier molecular flexibility index (Phi) is 11.6. The van der Waals surface area contributed by atoms with Crippen LogP contribution in [0.4, 0.5) is 5.95 Å². The number of nitrogens with zero attached hydrogens (tertiary/aromatic N) is 4. The number of aryl methyl sites for hydroxylation is 2. The molecule has 0 radical (unpaired) electrons. The van der Waals surface area contributed by atoms with E-state index in [9.17, 15) is 4.79 Å². The highest BCUT2D eigenvalue weighted by atomic mass is 32.2. The highest BCUT2D eigenvalue weighted by Crippen LogP contribution is 2.18. The predicted molar refractivity (Wildman–Crippen MR) is 144 cm³/mol. The minimum absolute atomic E-state index is 0.0846. The summed E-state index contributed by atoms with van der Waals surface area (Å²) in [5, 5.41) is 6.64. The fraction of sp³-hybridized carbons (Fsp3) is 0.520. The SMILES string of the molecule is CCCN(CCC)Cc1nc(CSCCCNc2ncc(CCc3ccccn3)c(=O)[nH]2)cs1. The Hall–Kier alpha value is -2.23. The second kappa shape index (κ2) is 14.9. The summed E-state index contributed by atoms with van der Waals surface area (Å²) < 4.78 is 0. The van der Waals surface area contributed by atoms with E-state index in [4.69, 9.17) is 4.98 Å². The topological polar surface area (TPSA) is 86.8 Å². The number of aromatic nitrogens is 4. The van der Waals surface area contributed by atoms with Gasteiger partial charge in [0.1, 0.15) is 5.01 Å². The highest BCUT2D eigenvalue weighted by molar-refractivity contribution is 7.98. The monoisotopic (exact) mass is 500 g/mol. The number of hydrogen-bond acceptors (Lipinski definition) is 8. The predicted octanol–water partition coefficient (Wildman–Crippen LogP) is 4.76. The molecule has 0 unspecified atom stereocenters. The van der Waals surface area contributed by atoms with Crippen molar-refractivity contribution in [3.8, 4) is 0 Å². The standard InChI is InChI=1S/C25H36N6OS2/c1-3-13-31(14-4-2)17-23-29-22(19-34-23)18-33-15-7-12-27-25-28-16-20(24(32)30-25)9-10-21-8-5-6-11-26-21/h5-6,8,11,16,19H,3-4,7,9-10,12-15,17-18H2,1-2H3,(H2,27,28,30,32). The molecule has 184 valence electrons. The molecule has 0 saturated carbocycles. The third kappa shape index (κ3) is 9.19. The van der Waals surface area contributed by atoms with Crippen molar-refractivity contribution in [2.24, 2.45) is 0 Å².